The highest BCUT2D eigenvalue weighted by atomic mass is 32.2. The maximum atomic E-state index is 12.7. The summed E-state index contributed by atoms with van der Waals surface area (Å²) in [5.74, 6) is 1.19. The van der Waals surface area contributed by atoms with Crippen LogP contribution in [0.25, 0.3) is 21.5 Å². The molecule has 4 aromatic rings. The van der Waals surface area contributed by atoms with Crippen molar-refractivity contribution in [3.63, 3.8) is 0 Å². The van der Waals surface area contributed by atoms with E-state index < -0.39 is 10.0 Å². The Bertz CT molecular complexity index is 1340. The van der Waals surface area contributed by atoms with Crippen molar-refractivity contribution in [3.05, 3.63) is 69.8 Å². The lowest BCUT2D eigenvalue weighted by Crippen LogP contribution is -2.25. The SMILES string of the molecule is C[C@H](c1ccc(S(N)(=O)=O)cc1)N(C)Cc1nc2scc(-c3ccco3)c2c(=O)[nH]1. The minimum absolute atomic E-state index is 0.0393. The maximum absolute atomic E-state index is 12.7. The molecule has 0 aliphatic rings. The van der Waals surface area contributed by atoms with E-state index in [0.29, 0.717) is 28.3 Å². The highest BCUT2D eigenvalue weighted by Gasteiger charge is 2.18. The molecular formula is C20H20N4O4S2. The fourth-order valence-electron chi connectivity index (χ4n) is 3.25. The number of nitrogens with one attached hydrogen (secondary N) is 1. The molecule has 30 heavy (non-hydrogen) atoms. The summed E-state index contributed by atoms with van der Waals surface area (Å²) < 4.78 is 28.3. The van der Waals surface area contributed by atoms with E-state index in [1.807, 2.05) is 30.3 Å². The smallest absolute Gasteiger partial charge is 0.260 e. The molecule has 0 unspecified atom stereocenters. The Morgan fingerprint density at radius 1 is 1.27 bits per heavy atom. The quantitative estimate of drug-likeness (QED) is 0.471. The predicted molar refractivity (Wildman–Crippen MR) is 116 cm³/mol. The minimum atomic E-state index is -3.72. The van der Waals surface area contributed by atoms with Gasteiger partial charge in [0.1, 0.15) is 16.4 Å². The number of hydrogen-bond donors (Lipinski definition) is 2. The fourth-order valence-corrected chi connectivity index (χ4v) is 4.71. The van der Waals surface area contributed by atoms with Gasteiger partial charge >= 0.3 is 0 Å². The molecule has 0 aliphatic carbocycles. The van der Waals surface area contributed by atoms with Crippen LogP contribution in [0, 0.1) is 0 Å². The minimum Gasteiger partial charge on any atom is -0.464 e. The summed E-state index contributed by atoms with van der Waals surface area (Å²) in [7, 11) is -1.82. The molecule has 3 heterocycles. The highest BCUT2D eigenvalue weighted by molar-refractivity contribution is 7.89. The summed E-state index contributed by atoms with van der Waals surface area (Å²) in [6.45, 7) is 2.40. The number of benzene rings is 1. The van der Waals surface area contributed by atoms with E-state index in [1.165, 1.54) is 23.5 Å². The van der Waals surface area contributed by atoms with Gasteiger partial charge in [-0.1, -0.05) is 12.1 Å². The summed E-state index contributed by atoms with van der Waals surface area (Å²) in [5.41, 5.74) is 1.45. The van der Waals surface area contributed by atoms with Crippen molar-refractivity contribution in [2.75, 3.05) is 7.05 Å². The molecule has 0 bridgehead atoms. The normalized spacial score (nSPS) is 13.2. The largest absolute Gasteiger partial charge is 0.464 e. The summed E-state index contributed by atoms with van der Waals surface area (Å²) >= 11 is 1.40. The van der Waals surface area contributed by atoms with E-state index >= 15 is 0 Å². The van der Waals surface area contributed by atoms with Crippen LogP contribution in [0.1, 0.15) is 24.4 Å². The van der Waals surface area contributed by atoms with E-state index in [4.69, 9.17) is 9.56 Å². The van der Waals surface area contributed by atoms with Crippen LogP contribution in [0.4, 0.5) is 0 Å². The molecule has 1 atom stereocenters. The molecule has 0 amide bonds. The Balaban J connectivity index is 1.57. The van der Waals surface area contributed by atoms with Crippen molar-refractivity contribution in [1.29, 1.82) is 0 Å². The zero-order valence-electron chi connectivity index (χ0n) is 16.3. The van der Waals surface area contributed by atoms with Gasteiger partial charge in [-0.05, 0) is 43.8 Å². The van der Waals surface area contributed by atoms with E-state index in [2.05, 4.69) is 9.97 Å². The van der Waals surface area contributed by atoms with Crippen molar-refractivity contribution in [3.8, 4) is 11.3 Å². The number of H-pyrrole nitrogens is 1. The van der Waals surface area contributed by atoms with Crippen LogP contribution >= 0.6 is 11.3 Å². The number of rotatable bonds is 6. The number of primary sulfonamides is 1. The van der Waals surface area contributed by atoms with Gasteiger partial charge in [0.25, 0.3) is 5.56 Å². The van der Waals surface area contributed by atoms with Gasteiger partial charge in [-0.3, -0.25) is 9.69 Å². The van der Waals surface area contributed by atoms with Crippen LogP contribution in [-0.2, 0) is 16.6 Å². The summed E-state index contributed by atoms with van der Waals surface area (Å²) in [6.07, 6.45) is 1.57. The topological polar surface area (TPSA) is 122 Å². The van der Waals surface area contributed by atoms with Crippen LogP contribution in [0.3, 0.4) is 0 Å². The fraction of sp³-hybridized carbons (Fsp3) is 0.200. The molecule has 3 N–H and O–H groups in total. The number of aromatic nitrogens is 2. The van der Waals surface area contributed by atoms with Gasteiger partial charge in [-0.25, -0.2) is 18.5 Å². The second-order valence-corrected chi connectivity index (χ2v) is 9.44. The lowest BCUT2D eigenvalue weighted by molar-refractivity contribution is 0.247. The van der Waals surface area contributed by atoms with Crippen LogP contribution in [0.15, 0.2) is 62.1 Å². The van der Waals surface area contributed by atoms with E-state index in [9.17, 15) is 13.2 Å². The van der Waals surface area contributed by atoms with Gasteiger partial charge in [-0.15, -0.1) is 11.3 Å². The van der Waals surface area contributed by atoms with Crippen LogP contribution in [-0.4, -0.2) is 30.3 Å². The molecule has 10 heteroatoms. The predicted octanol–water partition coefficient (Wildman–Crippen LogP) is 3.09. The molecule has 0 radical (unpaired) electrons. The Kier molecular flexibility index (Phi) is 5.33. The molecule has 0 spiro atoms. The van der Waals surface area contributed by atoms with Crippen molar-refractivity contribution in [2.45, 2.75) is 24.4 Å². The highest BCUT2D eigenvalue weighted by Crippen LogP contribution is 2.31. The van der Waals surface area contributed by atoms with Crippen molar-refractivity contribution in [1.82, 2.24) is 14.9 Å². The van der Waals surface area contributed by atoms with Gasteiger partial charge in [0.15, 0.2) is 0 Å². The van der Waals surface area contributed by atoms with E-state index in [0.717, 1.165) is 11.1 Å². The number of furan rings is 1. The Morgan fingerprint density at radius 3 is 2.63 bits per heavy atom. The zero-order valence-corrected chi connectivity index (χ0v) is 18.0. The summed E-state index contributed by atoms with van der Waals surface area (Å²) in [4.78, 5) is 22.9. The Hall–Kier alpha value is -2.79. The molecule has 8 nitrogen and oxygen atoms in total. The van der Waals surface area contributed by atoms with Gasteiger partial charge in [0.05, 0.1) is 23.1 Å². The molecule has 4 rings (SSSR count). The van der Waals surface area contributed by atoms with E-state index in [1.54, 1.807) is 24.5 Å². The zero-order chi connectivity index (χ0) is 21.5. The molecular weight excluding hydrogens is 424 g/mol. The first-order valence-electron chi connectivity index (χ1n) is 9.11. The maximum Gasteiger partial charge on any atom is 0.260 e. The Morgan fingerprint density at radius 2 is 2.00 bits per heavy atom. The second kappa shape index (κ2) is 7.80. The Labute approximate surface area is 177 Å². The van der Waals surface area contributed by atoms with E-state index in [-0.39, 0.29) is 16.5 Å². The number of thiophene rings is 1. The number of nitrogens with two attached hydrogens (primary N) is 1. The first-order valence-corrected chi connectivity index (χ1v) is 11.5. The molecule has 3 aromatic heterocycles. The van der Waals surface area contributed by atoms with Gasteiger partial charge in [0, 0.05) is 17.0 Å². The second-order valence-electron chi connectivity index (χ2n) is 7.02. The number of aromatic amines is 1. The van der Waals surface area contributed by atoms with Crippen LogP contribution in [0.5, 0.6) is 0 Å². The number of nitrogens with zero attached hydrogens (tertiary/aromatic N) is 2. The third-order valence-electron chi connectivity index (χ3n) is 5.03. The molecule has 1 aromatic carbocycles. The molecule has 0 aliphatic heterocycles. The number of fused-ring (bicyclic) bond motifs is 1. The summed E-state index contributed by atoms with van der Waals surface area (Å²) in [6, 6.07) is 9.99. The molecule has 0 saturated heterocycles. The van der Waals surface area contributed by atoms with Crippen LogP contribution < -0.4 is 10.7 Å². The van der Waals surface area contributed by atoms with Crippen molar-refractivity contribution in [2.24, 2.45) is 5.14 Å². The number of hydrogen-bond acceptors (Lipinski definition) is 7. The number of sulfonamides is 1. The van der Waals surface area contributed by atoms with Crippen LogP contribution in [0.2, 0.25) is 0 Å². The standard InChI is InChI=1S/C20H20N4O4S2/c1-12(13-5-7-14(8-6-13)30(21,26)27)24(2)10-17-22-19(25)18-15(11-29-20(18)23-17)16-4-3-9-28-16/h3-9,11-12H,10H2,1-2H3,(H2,21,26,27)(H,22,23,25)/t12-/m1/s1. The first kappa shape index (κ1) is 20.5. The lowest BCUT2D eigenvalue weighted by atomic mass is 10.1. The van der Waals surface area contributed by atoms with Gasteiger partial charge < -0.3 is 9.40 Å². The molecule has 156 valence electrons. The lowest BCUT2D eigenvalue weighted by Gasteiger charge is -2.24. The average molecular weight is 445 g/mol. The van der Waals surface area contributed by atoms with Crippen molar-refractivity contribution < 1.29 is 12.8 Å². The third-order valence-corrected chi connectivity index (χ3v) is 6.83. The van der Waals surface area contributed by atoms with Gasteiger partial charge in [0.2, 0.25) is 10.0 Å². The molecule has 0 fully saturated rings. The summed E-state index contributed by atoms with van der Waals surface area (Å²) in [5, 5.41) is 7.54. The monoisotopic (exact) mass is 444 g/mol. The first-order chi connectivity index (χ1) is 14.2. The van der Waals surface area contributed by atoms with Crippen molar-refractivity contribution >= 4 is 31.6 Å². The average Bonchev–Trinajstić information content (AvgIpc) is 3.36. The molecule has 0 saturated carbocycles. The third kappa shape index (κ3) is 3.94. The van der Waals surface area contributed by atoms with Gasteiger partial charge in [-0.2, -0.15) is 0 Å².